The lowest BCUT2D eigenvalue weighted by Gasteiger charge is -2.10. The fourth-order valence-electron chi connectivity index (χ4n) is 2.47. The van der Waals surface area contributed by atoms with Gasteiger partial charge in [-0.15, -0.1) is 0 Å². The number of hydrogen-bond donors (Lipinski definition) is 3. The molecule has 0 atom stereocenters. The average molecular weight is 377 g/mol. The van der Waals surface area contributed by atoms with Gasteiger partial charge in [-0.1, -0.05) is 6.07 Å². The van der Waals surface area contributed by atoms with Gasteiger partial charge in [0.25, 0.3) is 0 Å². The first-order valence-electron chi connectivity index (χ1n) is 8.45. The van der Waals surface area contributed by atoms with Crippen molar-refractivity contribution in [1.82, 2.24) is 9.97 Å². The number of ether oxygens (including phenoxy) is 1. The van der Waals surface area contributed by atoms with E-state index in [1.807, 2.05) is 18.2 Å². The molecule has 8 heteroatoms. The third-order valence-corrected chi connectivity index (χ3v) is 3.70. The molecule has 142 valence electrons. The average Bonchev–Trinajstić information content (AvgIpc) is 2.69. The van der Waals surface area contributed by atoms with E-state index in [0.29, 0.717) is 28.6 Å². The van der Waals surface area contributed by atoms with Gasteiger partial charge < -0.3 is 20.7 Å². The summed E-state index contributed by atoms with van der Waals surface area (Å²) >= 11 is 0. The van der Waals surface area contributed by atoms with Crippen LogP contribution < -0.4 is 16.0 Å². The Morgan fingerprint density at radius 3 is 2.14 bits per heavy atom. The Balaban J connectivity index is 1.70. The molecule has 1 aromatic heterocycles. The van der Waals surface area contributed by atoms with Crippen LogP contribution in [-0.4, -0.2) is 29.0 Å². The van der Waals surface area contributed by atoms with Crippen molar-refractivity contribution in [3.8, 4) is 0 Å². The lowest BCUT2D eigenvalue weighted by Crippen LogP contribution is -2.05. The van der Waals surface area contributed by atoms with Crippen LogP contribution in [0.5, 0.6) is 0 Å². The molecule has 0 aliphatic heterocycles. The van der Waals surface area contributed by atoms with Gasteiger partial charge in [0, 0.05) is 30.1 Å². The zero-order chi connectivity index (χ0) is 19.9. The normalized spacial score (nSPS) is 10.1. The molecule has 0 bridgehead atoms. The maximum absolute atomic E-state index is 11.6. The van der Waals surface area contributed by atoms with E-state index in [1.165, 1.54) is 20.4 Å². The number of nitrogens with zero attached hydrogens (tertiary/aromatic N) is 2. The predicted octanol–water partition coefficient (Wildman–Crippen LogP) is 3.71. The zero-order valence-corrected chi connectivity index (χ0v) is 15.4. The van der Waals surface area contributed by atoms with Crippen molar-refractivity contribution in [1.29, 1.82) is 0 Å². The van der Waals surface area contributed by atoms with Gasteiger partial charge in [0.05, 0.1) is 12.7 Å². The van der Waals surface area contributed by atoms with Crippen LogP contribution in [0.2, 0.25) is 0 Å². The van der Waals surface area contributed by atoms with Crippen LogP contribution in [0.4, 0.5) is 28.7 Å². The van der Waals surface area contributed by atoms with Crippen LogP contribution in [0.3, 0.4) is 0 Å². The summed E-state index contributed by atoms with van der Waals surface area (Å²) in [6.45, 7) is 1.46. The highest BCUT2D eigenvalue weighted by Gasteiger charge is 2.07. The summed E-state index contributed by atoms with van der Waals surface area (Å²) in [4.78, 5) is 31.1. The van der Waals surface area contributed by atoms with E-state index in [1.54, 1.807) is 36.4 Å². The van der Waals surface area contributed by atoms with Crippen molar-refractivity contribution in [2.24, 2.45) is 0 Å². The van der Waals surface area contributed by atoms with Crippen LogP contribution in [0.25, 0.3) is 0 Å². The van der Waals surface area contributed by atoms with E-state index in [4.69, 9.17) is 4.74 Å². The molecule has 3 rings (SSSR count). The summed E-state index contributed by atoms with van der Waals surface area (Å²) < 4.78 is 4.73. The number of carbonyl (C=O) groups excluding carboxylic acids is 2. The van der Waals surface area contributed by atoms with Crippen LogP contribution >= 0.6 is 0 Å². The predicted molar refractivity (Wildman–Crippen MR) is 107 cm³/mol. The molecule has 8 nitrogen and oxygen atoms in total. The van der Waals surface area contributed by atoms with Gasteiger partial charge in [0.1, 0.15) is 18.0 Å². The number of hydrogen-bond acceptors (Lipinski definition) is 7. The maximum Gasteiger partial charge on any atom is 0.337 e. The van der Waals surface area contributed by atoms with Crippen molar-refractivity contribution < 1.29 is 14.3 Å². The SMILES string of the molecule is COC(=O)c1cccc(Nc2cc(Nc3ccc(NC(C)=O)cc3)ncn2)c1. The molecule has 0 fully saturated rings. The number of carbonyl (C=O) groups is 2. The summed E-state index contributed by atoms with van der Waals surface area (Å²) in [6, 6.07) is 15.9. The van der Waals surface area contributed by atoms with Crippen LogP contribution in [-0.2, 0) is 9.53 Å². The molecule has 0 aliphatic carbocycles. The van der Waals surface area contributed by atoms with Gasteiger partial charge >= 0.3 is 5.97 Å². The second kappa shape index (κ2) is 8.63. The lowest BCUT2D eigenvalue weighted by molar-refractivity contribution is -0.114. The minimum Gasteiger partial charge on any atom is -0.465 e. The highest BCUT2D eigenvalue weighted by molar-refractivity contribution is 5.90. The van der Waals surface area contributed by atoms with E-state index in [0.717, 1.165) is 5.69 Å². The third-order valence-electron chi connectivity index (χ3n) is 3.70. The molecule has 3 N–H and O–H groups in total. The molecule has 28 heavy (non-hydrogen) atoms. The molecule has 2 aromatic carbocycles. The number of amides is 1. The summed E-state index contributed by atoms with van der Waals surface area (Å²) in [6.07, 6.45) is 1.43. The molecular formula is C20H19N5O3. The molecule has 0 radical (unpaired) electrons. The Kier molecular flexibility index (Phi) is 5.81. The van der Waals surface area contributed by atoms with E-state index < -0.39 is 5.97 Å². The Hall–Kier alpha value is -3.94. The van der Waals surface area contributed by atoms with E-state index >= 15 is 0 Å². The number of anilines is 5. The topological polar surface area (TPSA) is 105 Å². The van der Waals surface area contributed by atoms with E-state index in [2.05, 4.69) is 25.9 Å². The zero-order valence-electron chi connectivity index (χ0n) is 15.4. The first kappa shape index (κ1) is 18.8. The number of methoxy groups -OCH3 is 1. The highest BCUT2D eigenvalue weighted by Crippen LogP contribution is 2.21. The van der Waals surface area contributed by atoms with E-state index in [-0.39, 0.29) is 5.91 Å². The first-order valence-corrected chi connectivity index (χ1v) is 8.45. The Morgan fingerprint density at radius 1 is 0.857 bits per heavy atom. The number of esters is 1. The van der Waals surface area contributed by atoms with Crippen molar-refractivity contribution in [3.05, 3.63) is 66.5 Å². The van der Waals surface area contributed by atoms with Crippen molar-refractivity contribution in [3.63, 3.8) is 0 Å². The van der Waals surface area contributed by atoms with Gasteiger partial charge in [-0.25, -0.2) is 14.8 Å². The quantitative estimate of drug-likeness (QED) is 0.562. The molecule has 0 spiro atoms. The van der Waals surface area contributed by atoms with Crippen LogP contribution in [0, 0.1) is 0 Å². The third kappa shape index (κ3) is 5.04. The Bertz CT molecular complexity index is 989. The monoisotopic (exact) mass is 377 g/mol. The summed E-state index contributed by atoms with van der Waals surface area (Å²) in [7, 11) is 1.34. The summed E-state index contributed by atoms with van der Waals surface area (Å²) in [5.41, 5.74) is 2.67. The molecule has 0 saturated carbocycles. The largest absolute Gasteiger partial charge is 0.465 e. The molecule has 0 saturated heterocycles. The minimum absolute atomic E-state index is 0.122. The van der Waals surface area contributed by atoms with Gasteiger partial charge in [0.15, 0.2) is 0 Å². The van der Waals surface area contributed by atoms with E-state index in [9.17, 15) is 9.59 Å². The Labute approximate surface area is 162 Å². The van der Waals surface area contributed by atoms with Crippen molar-refractivity contribution in [2.45, 2.75) is 6.92 Å². The number of rotatable bonds is 6. The highest BCUT2D eigenvalue weighted by atomic mass is 16.5. The van der Waals surface area contributed by atoms with Crippen molar-refractivity contribution >= 4 is 40.6 Å². The minimum atomic E-state index is -0.406. The van der Waals surface area contributed by atoms with Crippen LogP contribution in [0.15, 0.2) is 60.9 Å². The van der Waals surface area contributed by atoms with Crippen LogP contribution in [0.1, 0.15) is 17.3 Å². The van der Waals surface area contributed by atoms with Gasteiger partial charge in [0.2, 0.25) is 5.91 Å². The Morgan fingerprint density at radius 2 is 1.50 bits per heavy atom. The van der Waals surface area contributed by atoms with Crippen molar-refractivity contribution in [2.75, 3.05) is 23.1 Å². The molecule has 3 aromatic rings. The van der Waals surface area contributed by atoms with Gasteiger partial charge in [-0.05, 0) is 42.5 Å². The first-order chi connectivity index (χ1) is 13.5. The lowest BCUT2D eigenvalue weighted by atomic mass is 10.2. The second-order valence-electron chi connectivity index (χ2n) is 5.87. The smallest absolute Gasteiger partial charge is 0.337 e. The molecular weight excluding hydrogens is 358 g/mol. The maximum atomic E-state index is 11.6. The fraction of sp³-hybridized carbons (Fsp3) is 0.100. The standard InChI is InChI=1S/C20H19N5O3/c1-13(26)23-15-6-8-16(9-7-15)24-18-11-19(22-12-21-18)25-17-5-3-4-14(10-17)20(27)28-2/h3-12H,1-2H3,(H,23,26)(H2,21,22,24,25). The molecule has 0 unspecified atom stereocenters. The number of nitrogens with one attached hydrogen (secondary N) is 3. The van der Waals surface area contributed by atoms with Gasteiger partial charge in [-0.2, -0.15) is 0 Å². The summed E-state index contributed by atoms with van der Waals surface area (Å²) in [5, 5.41) is 9.02. The molecule has 1 heterocycles. The number of benzene rings is 2. The molecule has 0 aliphatic rings. The van der Waals surface area contributed by atoms with Gasteiger partial charge in [-0.3, -0.25) is 4.79 Å². The molecule has 1 amide bonds. The number of aromatic nitrogens is 2. The fourth-order valence-corrected chi connectivity index (χ4v) is 2.47. The summed E-state index contributed by atoms with van der Waals surface area (Å²) in [5.74, 6) is 0.628. The second-order valence-corrected chi connectivity index (χ2v) is 5.87.